The Bertz CT molecular complexity index is 1540. The highest BCUT2D eigenvalue weighted by atomic mass is 127. The molecule has 1 aromatic heterocycles. The van der Waals surface area contributed by atoms with Crippen LogP contribution in [-0.4, -0.2) is 43.8 Å². The summed E-state index contributed by atoms with van der Waals surface area (Å²) < 4.78 is 7.15. The zero-order valence-electron chi connectivity index (χ0n) is 21.0. The molecule has 0 radical (unpaired) electrons. The van der Waals surface area contributed by atoms with Gasteiger partial charge in [0.1, 0.15) is 5.75 Å². The Kier molecular flexibility index (Phi) is 6.24. The van der Waals surface area contributed by atoms with Crippen molar-refractivity contribution >= 4 is 45.8 Å². The number of ether oxygens (including phenoxy) is 1. The van der Waals surface area contributed by atoms with Crippen molar-refractivity contribution in [3.63, 3.8) is 0 Å². The van der Waals surface area contributed by atoms with Crippen molar-refractivity contribution in [2.75, 3.05) is 19.1 Å². The van der Waals surface area contributed by atoms with E-state index in [1.807, 2.05) is 73.3 Å². The van der Waals surface area contributed by atoms with Gasteiger partial charge in [-0.15, -0.1) is 5.10 Å². The number of anilines is 1. The van der Waals surface area contributed by atoms with Crippen LogP contribution in [0.4, 0.5) is 5.69 Å². The predicted molar refractivity (Wildman–Crippen MR) is 157 cm³/mol. The lowest BCUT2D eigenvalue weighted by atomic mass is 9.81. The second-order valence-electron chi connectivity index (χ2n) is 9.40. The van der Waals surface area contributed by atoms with Crippen LogP contribution in [0.2, 0.25) is 5.02 Å². The predicted octanol–water partition coefficient (Wildman–Crippen LogP) is 4.80. The molecule has 2 N–H and O–H groups in total. The lowest BCUT2D eigenvalue weighted by molar-refractivity contribution is 0.117. The molecule has 2 aliphatic rings. The molecule has 10 heteroatoms. The molecule has 0 spiro atoms. The van der Waals surface area contributed by atoms with E-state index in [-0.39, 0.29) is 10.2 Å². The van der Waals surface area contributed by atoms with Crippen LogP contribution < -0.4 is 15.1 Å². The smallest absolute Gasteiger partial charge is 0.226 e. The highest BCUT2D eigenvalue weighted by Crippen LogP contribution is 2.46. The Hall–Kier alpha value is -3.28. The average molecular weight is 641 g/mol. The van der Waals surface area contributed by atoms with Gasteiger partial charge in [0.05, 0.1) is 31.4 Å². The van der Waals surface area contributed by atoms with Crippen LogP contribution in [0, 0.1) is 0 Å². The third-order valence-corrected chi connectivity index (χ3v) is 8.40. The maximum absolute atomic E-state index is 12.6. The number of alkyl halides is 1. The van der Waals surface area contributed by atoms with Crippen LogP contribution >= 0.6 is 34.2 Å². The van der Waals surface area contributed by atoms with E-state index in [0.29, 0.717) is 16.3 Å². The zero-order valence-corrected chi connectivity index (χ0v) is 23.9. The normalized spacial score (nSPS) is 19.8. The van der Waals surface area contributed by atoms with Crippen molar-refractivity contribution in [1.29, 1.82) is 0 Å². The summed E-state index contributed by atoms with van der Waals surface area (Å²) in [5.74, 6) is 1.54. The molecule has 0 aliphatic carbocycles. The summed E-state index contributed by atoms with van der Waals surface area (Å²) in [4.78, 5) is 8.62. The minimum absolute atomic E-state index is 0.0663. The third-order valence-electron chi connectivity index (χ3n) is 7.29. The molecule has 6 rings (SSSR count). The first-order valence-electron chi connectivity index (χ1n) is 12.1. The van der Waals surface area contributed by atoms with Crippen LogP contribution in [0.15, 0.2) is 84.4 Å². The summed E-state index contributed by atoms with van der Waals surface area (Å²) in [5.41, 5.74) is 6.90. The van der Waals surface area contributed by atoms with E-state index >= 15 is 0 Å². The second kappa shape index (κ2) is 9.48. The fraction of sp³-hybridized carbons (Fsp3) is 0.214. The summed E-state index contributed by atoms with van der Waals surface area (Å²) in [6.07, 6.45) is 3.41. The zero-order chi connectivity index (χ0) is 26.6. The molecule has 2 aliphatic heterocycles. The van der Waals surface area contributed by atoms with Gasteiger partial charge in [0.2, 0.25) is 5.96 Å². The molecule has 3 aromatic carbocycles. The maximum atomic E-state index is 12.6. The van der Waals surface area contributed by atoms with Crippen LogP contribution in [0.3, 0.4) is 0 Å². The van der Waals surface area contributed by atoms with Gasteiger partial charge in [0.15, 0.2) is 9.77 Å². The largest absolute Gasteiger partial charge is 0.497 e. The van der Waals surface area contributed by atoms with E-state index in [9.17, 15) is 5.11 Å². The van der Waals surface area contributed by atoms with Crippen molar-refractivity contribution < 1.29 is 9.84 Å². The fourth-order valence-corrected chi connectivity index (χ4v) is 6.31. The highest BCUT2D eigenvalue weighted by molar-refractivity contribution is 14.1. The number of aliphatic hydroxyl groups is 1. The van der Waals surface area contributed by atoms with Crippen molar-refractivity contribution in [2.24, 2.45) is 12.1 Å². The number of hydrazone groups is 1. The number of benzene rings is 3. The Morgan fingerprint density at radius 2 is 1.82 bits per heavy atom. The molecule has 3 atom stereocenters. The van der Waals surface area contributed by atoms with Gasteiger partial charge in [0, 0.05) is 30.4 Å². The van der Waals surface area contributed by atoms with E-state index in [0.717, 1.165) is 34.1 Å². The number of nitrogens with zero attached hydrogens (tertiary/aromatic N) is 5. The lowest BCUT2D eigenvalue weighted by Crippen LogP contribution is -2.50. The number of aryl methyl sites for hydroxylation is 1. The number of methoxy groups -OCH3 is 1. The van der Waals surface area contributed by atoms with E-state index in [4.69, 9.17) is 16.3 Å². The molecule has 0 amide bonds. The number of halogens is 2. The molecule has 194 valence electrons. The van der Waals surface area contributed by atoms with Crippen LogP contribution in [-0.2, 0) is 12.6 Å². The molecular weight excluding hydrogens is 615 g/mol. The first kappa shape index (κ1) is 25.0. The SMILES string of the molecule is COc1ccc(C(O)(c2ccc3c(c2)C(c2cccc(Cl)c2)N2C(=NN[C@@H]2I)N3C)c2cncn2C)cc1. The molecule has 38 heavy (non-hydrogen) atoms. The number of hydrogen-bond acceptors (Lipinski definition) is 7. The van der Waals surface area contributed by atoms with E-state index in [2.05, 4.69) is 60.0 Å². The number of fused-ring (bicyclic) bond motifs is 2. The molecule has 4 aromatic rings. The van der Waals surface area contributed by atoms with Crippen molar-refractivity contribution in [1.82, 2.24) is 19.9 Å². The van der Waals surface area contributed by atoms with Gasteiger partial charge >= 0.3 is 0 Å². The van der Waals surface area contributed by atoms with E-state index < -0.39 is 5.60 Å². The van der Waals surface area contributed by atoms with Gasteiger partial charge in [0.25, 0.3) is 0 Å². The number of nitrogens with one attached hydrogen (secondary N) is 1. The third kappa shape index (κ3) is 3.83. The first-order valence-corrected chi connectivity index (χ1v) is 13.7. The second-order valence-corrected chi connectivity index (χ2v) is 11.0. The number of imidazole rings is 1. The molecule has 0 bridgehead atoms. The number of aromatic nitrogens is 2. The molecule has 3 heterocycles. The van der Waals surface area contributed by atoms with Crippen LogP contribution in [0.25, 0.3) is 0 Å². The number of rotatable bonds is 5. The quantitative estimate of drug-likeness (QED) is 0.186. The van der Waals surface area contributed by atoms with Crippen LogP contribution in [0.5, 0.6) is 5.75 Å². The van der Waals surface area contributed by atoms with Crippen molar-refractivity contribution in [2.45, 2.75) is 15.8 Å². The standard InChI is InChI=1S/C28H26ClIN6O2/c1-34-16-31-15-24(34)28(37,18-7-10-21(38-3)11-8-18)19-9-12-23-22(14-19)25(17-5-4-6-20(29)13-17)36-26(30)32-33-27(36)35(23)2/h4-16,25-26,32,37H,1-3H3/t25?,26-,28?/m0/s1. The fourth-order valence-electron chi connectivity index (χ4n) is 5.41. The minimum Gasteiger partial charge on any atom is -0.497 e. The minimum atomic E-state index is -1.47. The van der Waals surface area contributed by atoms with E-state index in [1.165, 1.54) is 0 Å². The van der Waals surface area contributed by atoms with Gasteiger partial charge in [-0.25, -0.2) is 4.98 Å². The Labute approximate surface area is 239 Å². The van der Waals surface area contributed by atoms with Crippen molar-refractivity contribution in [3.8, 4) is 5.75 Å². The van der Waals surface area contributed by atoms with Crippen molar-refractivity contribution in [3.05, 3.63) is 112 Å². The first-order chi connectivity index (χ1) is 18.3. The van der Waals surface area contributed by atoms with Gasteiger partial charge in [-0.2, -0.15) is 0 Å². The Morgan fingerprint density at radius 3 is 2.50 bits per heavy atom. The summed E-state index contributed by atoms with van der Waals surface area (Å²) in [5, 5.41) is 17.9. The molecule has 0 saturated heterocycles. The van der Waals surface area contributed by atoms with Gasteiger partial charge in [-0.1, -0.05) is 41.9 Å². The summed E-state index contributed by atoms with van der Waals surface area (Å²) in [7, 11) is 5.52. The van der Waals surface area contributed by atoms with Gasteiger partial charge in [-0.3, -0.25) is 10.3 Å². The maximum Gasteiger partial charge on any atom is 0.226 e. The van der Waals surface area contributed by atoms with Gasteiger partial charge < -0.3 is 19.3 Å². The Balaban J connectivity index is 1.59. The van der Waals surface area contributed by atoms with Crippen LogP contribution in [0.1, 0.15) is 34.0 Å². The summed E-state index contributed by atoms with van der Waals surface area (Å²) in [6.45, 7) is 0. The lowest BCUT2D eigenvalue weighted by Gasteiger charge is -2.43. The average Bonchev–Trinajstić information content (AvgIpc) is 3.54. The summed E-state index contributed by atoms with van der Waals surface area (Å²) >= 11 is 8.80. The molecular formula is C28H26ClIN6O2. The molecule has 0 fully saturated rings. The molecule has 2 unspecified atom stereocenters. The molecule has 0 saturated carbocycles. The molecule has 8 nitrogen and oxygen atoms in total. The van der Waals surface area contributed by atoms with Gasteiger partial charge in [-0.05, 0) is 75.7 Å². The monoisotopic (exact) mass is 640 g/mol. The number of hydrogen-bond donors (Lipinski definition) is 2. The Morgan fingerprint density at radius 1 is 1.05 bits per heavy atom. The van der Waals surface area contributed by atoms with E-state index in [1.54, 1.807) is 19.6 Å². The highest BCUT2D eigenvalue weighted by Gasteiger charge is 2.44. The topological polar surface area (TPSA) is 78.2 Å². The summed E-state index contributed by atoms with van der Waals surface area (Å²) in [6, 6.07) is 21.3. The number of guanidine groups is 1.